The first kappa shape index (κ1) is 12.7. The van der Waals surface area contributed by atoms with Gasteiger partial charge in [0, 0.05) is 6.04 Å². The van der Waals surface area contributed by atoms with Crippen LogP contribution in [0.2, 0.25) is 0 Å². The molecule has 1 aliphatic carbocycles. The fourth-order valence-electron chi connectivity index (χ4n) is 2.88. The number of carboxylic acids is 1. The lowest BCUT2D eigenvalue weighted by Crippen LogP contribution is -2.42. The molecule has 1 aliphatic rings. The van der Waals surface area contributed by atoms with Crippen molar-refractivity contribution < 1.29 is 9.90 Å². The van der Waals surface area contributed by atoms with Crippen LogP contribution in [0.5, 0.6) is 0 Å². The van der Waals surface area contributed by atoms with Gasteiger partial charge < -0.3 is 10.1 Å². The highest BCUT2D eigenvalue weighted by molar-refractivity contribution is 6.00. The Balaban J connectivity index is 2.40. The Kier molecular flexibility index (Phi) is 2.74. The predicted molar refractivity (Wildman–Crippen MR) is 73.2 cm³/mol. The summed E-state index contributed by atoms with van der Waals surface area (Å²) in [4.78, 5) is 37.7. The molecule has 20 heavy (non-hydrogen) atoms. The third-order valence-electron chi connectivity index (χ3n) is 3.88. The number of rotatable bonds is 2. The van der Waals surface area contributed by atoms with Gasteiger partial charge in [0.1, 0.15) is 0 Å². The smallest absolute Gasteiger partial charge is 0.337 e. The highest BCUT2D eigenvalue weighted by Gasteiger charge is 2.30. The minimum absolute atomic E-state index is 0.0374. The summed E-state index contributed by atoms with van der Waals surface area (Å²) in [5.74, 6) is -0.624. The van der Waals surface area contributed by atoms with Crippen molar-refractivity contribution in [1.82, 2.24) is 9.55 Å². The van der Waals surface area contributed by atoms with Crippen molar-refractivity contribution in [2.24, 2.45) is 5.92 Å². The zero-order valence-electron chi connectivity index (χ0n) is 10.9. The minimum Gasteiger partial charge on any atom is -0.478 e. The van der Waals surface area contributed by atoms with Crippen LogP contribution in [-0.4, -0.2) is 20.6 Å². The van der Waals surface area contributed by atoms with Gasteiger partial charge in [-0.15, -0.1) is 0 Å². The summed E-state index contributed by atoms with van der Waals surface area (Å²) >= 11 is 0. The Hall–Kier alpha value is -2.37. The number of nitrogens with zero attached hydrogens (tertiary/aromatic N) is 1. The van der Waals surface area contributed by atoms with E-state index in [0.717, 1.165) is 12.8 Å². The SMILES string of the molecule is CC1CC(n2c(=O)c(=O)[nH]c3cccc(C(=O)O)c32)C1. The predicted octanol–water partition coefficient (Wildman–Crippen LogP) is 1.36. The van der Waals surface area contributed by atoms with E-state index in [1.807, 2.05) is 0 Å². The zero-order chi connectivity index (χ0) is 14.4. The molecular formula is C14H14N2O4. The van der Waals surface area contributed by atoms with Crippen LogP contribution in [0.15, 0.2) is 27.8 Å². The zero-order valence-corrected chi connectivity index (χ0v) is 10.9. The summed E-state index contributed by atoms with van der Waals surface area (Å²) in [7, 11) is 0. The molecule has 1 heterocycles. The fourth-order valence-corrected chi connectivity index (χ4v) is 2.88. The molecule has 0 bridgehead atoms. The largest absolute Gasteiger partial charge is 0.478 e. The number of aromatic nitrogens is 2. The van der Waals surface area contributed by atoms with Gasteiger partial charge in [-0.1, -0.05) is 13.0 Å². The molecule has 0 unspecified atom stereocenters. The normalized spacial score (nSPS) is 21.6. The molecule has 0 atom stereocenters. The number of aromatic carboxylic acids is 1. The van der Waals surface area contributed by atoms with E-state index in [4.69, 9.17) is 0 Å². The lowest BCUT2D eigenvalue weighted by molar-refractivity contribution is 0.0698. The van der Waals surface area contributed by atoms with Crippen LogP contribution in [0.4, 0.5) is 0 Å². The van der Waals surface area contributed by atoms with Gasteiger partial charge in [-0.25, -0.2) is 4.79 Å². The molecular weight excluding hydrogens is 260 g/mol. The van der Waals surface area contributed by atoms with Gasteiger partial charge in [0.05, 0.1) is 16.6 Å². The van der Waals surface area contributed by atoms with Crippen LogP contribution in [0.3, 0.4) is 0 Å². The summed E-state index contributed by atoms with van der Waals surface area (Å²) in [5, 5.41) is 9.28. The molecule has 6 nitrogen and oxygen atoms in total. The van der Waals surface area contributed by atoms with Gasteiger partial charge in [-0.2, -0.15) is 0 Å². The van der Waals surface area contributed by atoms with Gasteiger partial charge in [0.2, 0.25) is 0 Å². The molecule has 0 radical (unpaired) electrons. The summed E-state index contributed by atoms with van der Waals surface area (Å²) in [5.41, 5.74) is -0.659. The van der Waals surface area contributed by atoms with E-state index < -0.39 is 17.1 Å². The number of aromatic amines is 1. The van der Waals surface area contributed by atoms with Crippen molar-refractivity contribution in [2.45, 2.75) is 25.8 Å². The topological polar surface area (TPSA) is 92.2 Å². The van der Waals surface area contributed by atoms with Gasteiger partial charge in [-0.05, 0) is 30.9 Å². The quantitative estimate of drug-likeness (QED) is 0.809. The van der Waals surface area contributed by atoms with Gasteiger partial charge >= 0.3 is 17.1 Å². The summed E-state index contributed by atoms with van der Waals surface area (Å²) in [6.45, 7) is 2.06. The van der Waals surface area contributed by atoms with E-state index in [2.05, 4.69) is 11.9 Å². The Morgan fingerprint density at radius 2 is 2.05 bits per heavy atom. The molecule has 0 amide bonds. The number of nitrogens with one attached hydrogen (secondary N) is 1. The molecule has 3 rings (SSSR count). The number of H-pyrrole nitrogens is 1. The number of hydrogen-bond acceptors (Lipinski definition) is 3. The van der Waals surface area contributed by atoms with Crippen LogP contribution in [-0.2, 0) is 0 Å². The van der Waals surface area contributed by atoms with E-state index >= 15 is 0 Å². The monoisotopic (exact) mass is 274 g/mol. The number of para-hydroxylation sites is 1. The van der Waals surface area contributed by atoms with Gasteiger partial charge in [0.25, 0.3) is 0 Å². The van der Waals surface area contributed by atoms with Crippen molar-refractivity contribution in [1.29, 1.82) is 0 Å². The average molecular weight is 274 g/mol. The average Bonchev–Trinajstić information content (AvgIpc) is 2.36. The van der Waals surface area contributed by atoms with Crippen molar-refractivity contribution in [3.8, 4) is 0 Å². The molecule has 6 heteroatoms. The number of carbonyl (C=O) groups is 1. The van der Waals surface area contributed by atoms with E-state index in [9.17, 15) is 19.5 Å². The molecule has 0 spiro atoms. The molecule has 0 aliphatic heterocycles. The molecule has 104 valence electrons. The van der Waals surface area contributed by atoms with Gasteiger partial charge in [0.15, 0.2) is 0 Å². The lowest BCUT2D eigenvalue weighted by Gasteiger charge is -2.34. The first-order chi connectivity index (χ1) is 9.49. The van der Waals surface area contributed by atoms with E-state index in [1.54, 1.807) is 12.1 Å². The third kappa shape index (κ3) is 1.76. The first-order valence-corrected chi connectivity index (χ1v) is 6.50. The number of benzene rings is 1. The maximum atomic E-state index is 12.1. The third-order valence-corrected chi connectivity index (χ3v) is 3.88. The molecule has 2 aromatic rings. The lowest BCUT2D eigenvalue weighted by atomic mass is 9.81. The second-order valence-electron chi connectivity index (χ2n) is 5.37. The van der Waals surface area contributed by atoms with E-state index in [-0.39, 0.29) is 11.6 Å². The van der Waals surface area contributed by atoms with Crippen LogP contribution in [0.1, 0.15) is 36.2 Å². The van der Waals surface area contributed by atoms with E-state index in [0.29, 0.717) is 17.0 Å². The van der Waals surface area contributed by atoms with Crippen LogP contribution in [0, 0.1) is 5.92 Å². The van der Waals surface area contributed by atoms with Crippen LogP contribution < -0.4 is 11.1 Å². The fraction of sp³-hybridized carbons (Fsp3) is 0.357. The summed E-state index contributed by atoms with van der Waals surface area (Å²) in [6, 6.07) is 4.52. The molecule has 1 fully saturated rings. The number of carboxylic acid groups (broad SMARTS) is 1. The number of fused-ring (bicyclic) bond motifs is 1. The van der Waals surface area contributed by atoms with Crippen LogP contribution >= 0.6 is 0 Å². The van der Waals surface area contributed by atoms with Crippen molar-refractivity contribution in [2.75, 3.05) is 0 Å². The second-order valence-corrected chi connectivity index (χ2v) is 5.37. The standard InChI is InChI=1S/C14H14N2O4/c1-7-5-8(6-7)16-11-9(14(19)20)3-2-4-10(11)15-12(17)13(16)18/h2-4,7-8H,5-6H2,1H3,(H,15,17)(H,19,20). The Bertz CT molecular complexity index is 812. The molecule has 1 saturated carbocycles. The first-order valence-electron chi connectivity index (χ1n) is 6.50. The molecule has 1 aromatic carbocycles. The highest BCUT2D eigenvalue weighted by Crippen LogP contribution is 2.37. The molecule has 0 saturated heterocycles. The molecule has 1 aromatic heterocycles. The summed E-state index contributed by atoms with van der Waals surface area (Å²) in [6.07, 6.45) is 1.57. The highest BCUT2D eigenvalue weighted by atomic mass is 16.4. The Morgan fingerprint density at radius 3 is 2.65 bits per heavy atom. The van der Waals surface area contributed by atoms with Crippen molar-refractivity contribution in [3.63, 3.8) is 0 Å². The second kappa shape index (κ2) is 4.33. The van der Waals surface area contributed by atoms with Crippen molar-refractivity contribution >= 4 is 17.0 Å². The maximum absolute atomic E-state index is 12.1. The number of hydrogen-bond donors (Lipinski definition) is 2. The van der Waals surface area contributed by atoms with Crippen molar-refractivity contribution in [3.05, 3.63) is 44.5 Å². The van der Waals surface area contributed by atoms with Gasteiger partial charge in [-0.3, -0.25) is 14.2 Å². The maximum Gasteiger partial charge on any atom is 0.337 e. The van der Waals surface area contributed by atoms with E-state index in [1.165, 1.54) is 10.6 Å². The summed E-state index contributed by atoms with van der Waals surface area (Å²) < 4.78 is 1.36. The van der Waals surface area contributed by atoms with Crippen LogP contribution in [0.25, 0.3) is 11.0 Å². The Morgan fingerprint density at radius 1 is 1.35 bits per heavy atom. The Labute approximate surface area is 113 Å². The minimum atomic E-state index is -1.11. The molecule has 2 N–H and O–H groups in total.